The van der Waals surface area contributed by atoms with Crippen LogP contribution in [0.1, 0.15) is 49.4 Å². The van der Waals surface area contributed by atoms with Crippen LogP contribution < -0.4 is 5.32 Å². The van der Waals surface area contributed by atoms with Crippen LogP contribution in [0.3, 0.4) is 0 Å². The van der Waals surface area contributed by atoms with Crippen LogP contribution in [0.5, 0.6) is 0 Å². The van der Waals surface area contributed by atoms with Crippen LogP contribution in [-0.2, 0) is 11.3 Å². The number of likely N-dealkylation sites (tertiary alicyclic amines) is 1. The second-order valence-corrected chi connectivity index (χ2v) is 7.92. The monoisotopic (exact) mass is 419 g/mol. The number of hydrogen-bond donors (Lipinski definition) is 1. The van der Waals surface area contributed by atoms with Gasteiger partial charge < -0.3 is 10.2 Å². The molecule has 3 aromatic rings. The van der Waals surface area contributed by atoms with Gasteiger partial charge in [-0.2, -0.15) is 5.10 Å². The molecule has 7 nitrogen and oxygen atoms in total. The summed E-state index contributed by atoms with van der Waals surface area (Å²) < 4.78 is 1.79. The van der Waals surface area contributed by atoms with Gasteiger partial charge in [0.25, 0.3) is 5.91 Å². The molecular formula is C24H29N5O2. The van der Waals surface area contributed by atoms with Gasteiger partial charge in [-0.05, 0) is 25.8 Å². The van der Waals surface area contributed by atoms with Gasteiger partial charge in [0.1, 0.15) is 0 Å². The number of benzene rings is 1. The Hall–Kier alpha value is -3.22. The second kappa shape index (κ2) is 9.73. The van der Waals surface area contributed by atoms with Crippen LogP contribution >= 0.6 is 0 Å². The van der Waals surface area contributed by atoms with Crippen molar-refractivity contribution in [1.29, 1.82) is 0 Å². The molecule has 2 amide bonds. The van der Waals surface area contributed by atoms with E-state index in [2.05, 4.69) is 10.4 Å². The summed E-state index contributed by atoms with van der Waals surface area (Å²) in [6, 6.07) is 11.6. The number of pyridine rings is 1. The molecular weight excluding hydrogens is 390 g/mol. The van der Waals surface area contributed by atoms with Crippen LogP contribution in [0, 0.1) is 0 Å². The Balaban J connectivity index is 1.51. The van der Waals surface area contributed by atoms with E-state index in [1.54, 1.807) is 10.9 Å². The Morgan fingerprint density at radius 1 is 1.06 bits per heavy atom. The highest BCUT2D eigenvalue weighted by molar-refractivity contribution is 6.06. The summed E-state index contributed by atoms with van der Waals surface area (Å²) in [5, 5.41) is 8.04. The van der Waals surface area contributed by atoms with Crippen molar-refractivity contribution >= 4 is 22.8 Å². The SMILES string of the molecule is CCn1ncc2c(C(=O)NCCC(=O)N3CCCCCC3)cc(-c3ccccc3)nc21. The highest BCUT2D eigenvalue weighted by Crippen LogP contribution is 2.25. The molecule has 1 N–H and O–H groups in total. The predicted molar refractivity (Wildman–Crippen MR) is 121 cm³/mol. The van der Waals surface area contributed by atoms with E-state index in [4.69, 9.17) is 4.98 Å². The first kappa shape index (κ1) is 21.0. The molecule has 1 aliphatic rings. The first-order valence-corrected chi connectivity index (χ1v) is 11.2. The maximum atomic E-state index is 13.1. The fourth-order valence-corrected chi connectivity index (χ4v) is 4.08. The normalized spacial score (nSPS) is 14.4. The van der Waals surface area contributed by atoms with Gasteiger partial charge in [-0.25, -0.2) is 9.67 Å². The van der Waals surface area contributed by atoms with Crippen molar-refractivity contribution in [3.8, 4) is 11.3 Å². The lowest BCUT2D eigenvalue weighted by Crippen LogP contribution is -2.35. The van der Waals surface area contributed by atoms with E-state index in [9.17, 15) is 9.59 Å². The lowest BCUT2D eigenvalue weighted by Gasteiger charge is -2.20. The van der Waals surface area contributed by atoms with E-state index in [1.165, 1.54) is 12.8 Å². The summed E-state index contributed by atoms with van der Waals surface area (Å²) in [5.74, 6) is -0.0882. The van der Waals surface area contributed by atoms with Crippen LogP contribution in [0.4, 0.5) is 0 Å². The van der Waals surface area contributed by atoms with Gasteiger partial charge in [0, 0.05) is 38.2 Å². The summed E-state index contributed by atoms with van der Waals surface area (Å²) in [5.41, 5.74) is 2.90. The van der Waals surface area contributed by atoms with E-state index in [-0.39, 0.29) is 11.8 Å². The second-order valence-electron chi connectivity index (χ2n) is 7.92. The first-order valence-electron chi connectivity index (χ1n) is 11.2. The molecule has 2 aromatic heterocycles. The van der Waals surface area contributed by atoms with Gasteiger partial charge in [0.05, 0.1) is 22.8 Å². The number of nitrogens with one attached hydrogen (secondary N) is 1. The zero-order valence-corrected chi connectivity index (χ0v) is 18.0. The van der Waals surface area contributed by atoms with E-state index in [0.29, 0.717) is 30.7 Å². The van der Waals surface area contributed by atoms with Crippen molar-refractivity contribution in [3.63, 3.8) is 0 Å². The Labute approximate surface area is 182 Å². The van der Waals surface area contributed by atoms with Gasteiger partial charge in [-0.3, -0.25) is 9.59 Å². The summed E-state index contributed by atoms with van der Waals surface area (Å²) >= 11 is 0. The number of carbonyl (C=O) groups is 2. The van der Waals surface area contributed by atoms with Crippen molar-refractivity contribution in [2.45, 2.75) is 45.6 Å². The molecule has 0 aliphatic carbocycles. The van der Waals surface area contributed by atoms with E-state index in [0.717, 1.165) is 42.6 Å². The van der Waals surface area contributed by atoms with Gasteiger partial charge >= 0.3 is 0 Å². The predicted octanol–water partition coefficient (Wildman–Crippen LogP) is 3.64. The topological polar surface area (TPSA) is 80.1 Å². The van der Waals surface area contributed by atoms with Crippen molar-refractivity contribution in [3.05, 3.63) is 48.2 Å². The summed E-state index contributed by atoms with van der Waals surface area (Å²) in [6.45, 7) is 4.64. The standard InChI is InChI=1S/C24H29N5O2/c1-2-29-23-20(17-26-29)19(16-21(27-23)18-10-6-5-7-11-18)24(31)25-13-12-22(30)28-14-8-3-4-9-15-28/h5-7,10-11,16-17H,2-4,8-9,12-15H2,1H3,(H,25,31). The molecule has 162 valence electrons. The first-order chi connectivity index (χ1) is 15.2. The molecule has 0 radical (unpaired) electrons. The zero-order chi connectivity index (χ0) is 21.6. The Bertz CT molecular complexity index is 1050. The summed E-state index contributed by atoms with van der Waals surface area (Å²) in [7, 11) is 0. The lowest BCUT2D eigenvalue weighted by atomic mass is 10.1. The maximum Gasteiger partial charge on any atom is 0.252 e. The molecule has 0 unspecified atom stereocenters. The highest BCUT2D eigenvalue weighted by Gasteiger charge is 2.19. The molecule has 31 heavy (non-hydrogen) atoms. The van der Waals surface area contributed by atoms with Crippen molar-refractivity contribution < 1.29 is 9.59 Å². The van der Waals surface area contributed by atoms with Gasteiger partial charge in [-0.15, -0.1) is 0 Å². The van der Waals surface area contributed by atoms with Crippen molar-refractivity contribution in [2.75, 3.05) is 19.6 Å². The number of amides is 2. The number of nitrogens with zero attached hydrogens (tertiary/aromatic N) is 4. The summed E-state index contributed by atoms with van der Waals surface area (Å²) in [4.78, 5) is 32.3. The summed E-state index contributed by atoms with van der Waals surface area (Å²) in [6.07, 6.45) is 6.52. The average molecular weight is 420 g/mol. The third-order valence-corrected chi connectivity index (χ3v) is 5.81. The molecule has 4 rings (SSSR count). The minimum absolute atomic E-state index is 0.117. The Morgan fingerprint density at radius 2 is 1.81 bits per heavy atom. The van der Waals surface area contributed by atoms with E-state index in [1.807, 2.05) is 48.2 Å². The maximum absolute atomic E-state index is 13.1. The number of carbonyl (C=O) groups excluding carboxylic acids is 2. The average Bonchev–Trinajstić information content (AvgIpc) is 3.02. The van der Waals surface area contributed by atoms with E-state index >= 15 is 0 Å². The highest BCUT2D eigenvalue weighted by atomic mass is 16.2. The molecule has 1 aliphatic heterocycles. The number of fused-ring (bicyclic) bond motifs is 1. The molecule has 3 heterocycles. The molecule has 1 aromatic carbocycles. The van der Waals surface area contributed by atoms with Gasteiger partial charge in [0.15, 0.2) is 5.65 Å². The van der Waals surface area contributed by atoms with Crippen LogP contribution in [0.25, 0.3) is 22.3 Å². The molecule has 1 fully saturated rings. The minimum atomic E-state index is -0.205. The third kappa shape index (κ3) is 4.76. The Kier molecular flexibility index (Phi) is 6.60. The van der Waals surface area contributed by atoms with Crippen LogP contribution in [0.2, 0.25) is 0 Å². The van der Waals surface area contributed by atoms with E-state index < -0.39 is 0 Å². The van der Waals surface area contributed by atoms with Gasteiger partial charge in [0.2, 0.25) is 5.91 Å². The van der Waals surface area contributed by atoms with Crippen LogP contribution in [-0.4, -0.2) is 51.1 Å². The zero-order valence-electron chi connectivity index (χ0n) is 18.0. The van der Waals surface area contributed by atoms with Crippen LogP contribution in [0.15, 0.2) is 42.6 Å². The molecule has 7 heteroatoms. The Morgan fingerprint density at radius 3 is 2.52 bits per heavy atom. The third-order valence-electron chi connectivity index (χ3n) is 5.81. The van der Waals surface area contributed by atoms with Crippen molar-refractivity contribution in [1.82, 2.24) is 25.0 Å². The van der Waals surface area contributed by atoms with Crippen molar-refractivity contribution in [2.24, 2.45) is 0 Å². The quantitative estimate of drug-likeness (QED) is 0.661. The largest absolute Gasteiger partial charge is 0.351 e. The number of aromatic nitrogens is 3. The number of aryl methyl sites for hydroxylation is 1. The molecule has 0 spiro atoms. The lowest BCUT2D eigenvalue weighted by molar-refractivity contribution is -0.131. The molecule has 0 saturated carbocycles. The smallest absolute Gasteiger partial charge is 0.252 e. The number of rotatable bonds is 6. The fraction of sp³-hybridized carbons (Fsp3) is 0.417. The molecule has 1 saturated heterocycles. The fourth-order valence-electron chi connectivity index (χ4n) is 4.08. The number of hydrogen-bond acceptors (Lipinski definition) is 4. The molecule has 0 bridgehead atoms. The van der Waals surface area contributed by atoms with Gasteiger partial charge in [-0.1, -0.05) is 43.2 Å². The molecule has 0 atom stereocenters. The minimum Gasteiger partial charge on any atom is -0.351 e.